The smallest absolute Gasteiger partial charge is 0.235 e. The van der Waals surface area contributed by atoms with Crippen molar-refractivity contribution < 1.29 is 13.9 Å². The topological polar surface area (TPSA) is 92.3 Å². The summed E-state index contributed by atoms with van der Waals surface area (Å²) in [5.41, 5.74) is 3.05. The summed E-state index contributed by atoms with van der Waals surface area (Å²) in [5, 5.41) is 6.54. The van der Waals surface area contributed by atoms with E-state index in [1.807, 2.05) is 18.2 Å². The molecule has 0 aromatic carbocycles. The van der Waals surface area contributed by atoms with Gasteiger partial charge in [-0.15, -0.1) is 24.2 Å². The molecule has 2 aliphatic heterocycles. The third kappa shape index (κ3) is 5.32. The molecule has 2 fully saturated rings. The number of carbonyl (C=O) groups excluding carboxylic acids is 1. The predicted molar refractivity (Wildman–Crippen MR) is 149 cm³/mol. The minimum atomic E-state index is -0.309. The lowest BCUT2D eigenvalue weighted by atomic mass is 9.80. The van der Waals surface area contributed by atoms with E-state index in [0.29, 0.717) is 52.9 Å². The number of anilines is 1. The van der Waals surface area contributed by atoms with Crippen molar-refractivity contribution in [2.24, 2.45) is 11.3 Å². The average Bonchev–Trinajstić information content (AvgIpc) is 3.44. The molecule has 3 aliphatic rings. The molecule has 2 atom stereocenters. The summed E-state index contributed by atoms with van der Waals surface area (Å²) >= 11 is 1.53. The van der Waals surface area contributed by atoms with Crippen molar-refractivity contribution in [3.8, 4) is 5.88 Å². The summed E-state index contributed by atoms with van der Waals surface area (Å²) in [6, 6.07) is 7.67. The Kier molecular flexibility index (Phi) is 8.04. The maximum absolute atomic E-state index is 14.8. The Hall–Kier alpha value is -2.53. The minimum absolute atomic E-state index is 0. The lowest BCUT2D eigenvalue weighted by Crippen LogP contribution is -2.38. The van der Waals surface area contributed by atoms with E-state index in [2.05, 4.69) is 30.5 Å². The monoisotopic (exact) mass is 558 g/mol. The molecule has 8 nitrogen and oxygen atoms in total. The van der Waals surface area contributed by atoms with Gasteiger partial charge in [0.15, 0.2) is 0 Å². The summed E-state index contributed by atoms with van der Waals surface area (Å²) in [7, 11) is 1.57. The molecule has 1 aliphatic carbocycles. The Balaban J connectivity index is 0.00000294. The molecule has 2 unspecified atom stereocenters. The fourth-order valence-corrected chi connectivity index (χ4v) is 6.98. The Labute approximate surface area is 231 Å². The van der Waals surface area contributed by atoms with Crippen LogP contribution in [0.5, 0.6) is 5.88 Å². The van der Waals surface area contributed by atoms with Gasteiger partial charge in [-0.3, -0.25) is 9.78 Å². The molecule has 6 rings (SSSR count). The van der Waals surface area contributed by atoms with Crippen molar-refractivity contribution in [2.75, 3.05) is 44.4 Å². The number of halogens is 2. The zero-order valence-electron chi connectivity index (χ0n) is 21.3. The van der Waals surface area contributed by atoms with Crippen LogP contribution in [-0.4, -0.2) is 64.8 Å². The van der Waals surface area contributed by atoms with Gasteiger partial charge in [-0.2, -0.15) is 0 Å². The van der Waals surface area contributed by atoms with E-state index in [9.17, 15) is 9.18 Å². The number of pyridine rings is 3. The second kappa shape index (κ2) is 11.3. The Morgan fingerprint density at radius 3 is 3.05 bits per heavy atom. The predicted octanol–water partition coefficient (Wildman–Crippen LogP) is 4.07. The Morgan fingerprint density at radius 2 is 2.18 bits per heavy atom. The second-order valence-corrected chi connectivity index (χ2v) is 11.3. The van der Waals surface area contributed by atoms with E-state index in [0.717, 1.165) is 36.8 Å². The Morgan fingerprint density at radius 1 is 1.29 bits per heavy atom. The number of nitrogens with zero attached hydrogens (tertiary/aromatic N) is 4. The average molecular weight is 559 g/mol. The number of hydrogen-bond acceptors (Lipinski definition) is 8. The number of ether oxygens (including phenoxy) is 1. The molecule has 3 aromatic rings. The summed E-state index contributed by atoms with van der Waals surface area (Å²) in [6.07, 6.45) is 5.59. The normalized spacial score (nSPS) is 22.6. The van der Waals surface area contributed by atoms with E-state index in [-0.39, 0.29) is 29.5 Å². The van der Waals surface area contributed by atoms with Gasteiger partial charge < -0.3 is 20.3 Å². The molecule has 2 N–H and O–H groups in total. The quantitative estimate of drug-likeness (QED) is 0.427. The molecule has 1 saturated heterocycles. The SMILES string of the molecule is COc1ccc2ncc(F)c(CCN3CC4CCCC4(CNCc4ccc5c(n4)NC(=O)CS5)C3)c2n1.Cl. The minimum Gasteiger partial charge on any atom is -0.481 e. The number of methoxy groups -OCH3 is 1. The van der Waals surface area contributed by atoms with Gasteiger partial charge in [-0.05, 0) is 48.8 Å². The fraction of sp³-hybridized carbons (Fsp3) is 0.481. The van der Waals surface area contributed by atoms with Crippen molar-refractivity contribution >= 4 is 46.9 Å². The molecule has 0 spiro atoms. The van der Waals surface area contributed by atoms with E-state index < -0.39 is 0 Å². The van der Waals surface area contributed by atoms with E-state index in [1.54, 1.807) is 13.2 Å². The largest absolute Gasteiger partial charge is 0.481 e. The number of amides is 1. The zero-order valence-corrected chi connectivity index (χ0v) is 23.0. The number of aromatic nitrogens is 3. The van der Waals surface area contributed by atoms with Gasteiger partial charge >= 0.3 is 0 Å². The number of carbonyl (C=O) groups is 1. The fourth-order valence-electron chi connectivity index (χ4n) is 6.23. The van der Waals surface area contributed by atoms with Crippen LogP contribution in [0.25, 0.3) is 11.0 Å². The van der Waals surface area contributed by atoms with Crippen LogP contribution >= 0.6 is 24.2 Å². The van der Waals surface area contributed by atoms with Crippen molar-refractivity contribution in [1.29, 1.82) is 0 Å². The second-order valence-electron chi connectivity index (χ2n) is 10.3. The maximum Gasteiger partial charge on any atom is 0.235 e. The van der Waals surface area contributed by atoms with E-state index >= 15 is 0 Å². The van der Waals surface area contributed by atoms with Crippen molar-refractivity contribution in [3.63, 3.8) is 0 Å². The van der Waals surface area contributed by atoms with Gasteiger partial charge in [0.25, 0.3) is 0 Å². The van der Waals surface area contributed by atoms with Crippen LogP contribution in [0.3, 0.4) is 0 Å². The molecule has 3 aromatic heterocycles. The number of likely N-dealkylation sites (tertiary alicyclic amines) is 1. The summed E-state index contributed by atoms with van der Waals surface area (Å²) in [5.74, 6) is 1.93. The lowest BCUT2D eigenvalue weighted by Gasteiger charge is -2.29. The van der Waals surface area contributed by atoms with Gasteiger partial charge in [0.1, 0.15) is 11.6 Å². The summed E-state index contributed by atoms with van der Waals surface area (Å²) in [4.78, 5) is 28.6. The molecule has 11 heteroatoms. The molecular weight excluding hydrogens is 527 g/mol. The maximum atomic E-state index is 14.8. The van der Waals surface area contributed by atoms with Crippen LogP contribution in [0, 0.1) is 17.2 Å². The van der Waals surface area contributed by atoms with Crippen LogP contribution in [0.15, 0.2) is 35.4 Å². The highest BCUT2D eigenvalue weighted by atomic mass is 35.5. The first-order chi connectivity index (χ1) is 18.0. The standard InChI is InChI=1S/C27H31FN6O2S.ClH/c1-36-24-7-5-21-25(33-24)19(20(28)12-30-21)8-10-34-13-17-3-2-9-27(17,16-34)15-29-11-18-4-6-22-26(31-18)32-23(35)14-37-22;/h4-7,12,17,29H,2-3,8-11,13-16H2,1H3,(H,31,32,35);1H. The molecular formula is C27H32ClFN6O2S. The third-order valence-corrected chi connectivity index (χ3v) is 9.10. The first-order valence-corrected chi connectivity index (χ1v) is 13.9. The van der Waals surface area contributed by atoms with Crippen LogP contribution in [-0.2, 0) is 17.8 Å². The van der Waals surface area contributed by atoms with Crippen molar-refractivity contribution in [3.05, 3.63) is 47.5 Å². The number of thioether (sulfide) groups is 1. The molecule has 0 bridgehead atoms. The van der Waals surface area contributed by atoms with Crippen molar-refractivity contribution in [1.82, 2.24) is 25.2 Å². The summed E-state index contributed by atoms with van der Waals surface area (Å²) in [6.45, 7) is 4.44. The molecule has 38 heavy (non-hydrogen) atoms. The molecule has 1 saturated carbocycles. The lowest BCUT2D eigenvalue weighted by molar-refractivity contribution is -0.113. The van der Waals surface area contributed by atoms with Gasteiger partial charge in [0.2, 0.25) is 11.8 Å². The van der Waals surface area contributed by atoms with Crippen LogP contribution in [0.4, 0.5) is 10.2 Å². The van der Waals surface area contributed by atoms with Gasteiger partial charge in [0, 0.05) is 44.4 Å². The summed E-state index contributed by atoms with van der Waals surface area (Å²) < 4.78 is 20.0. The highest BCUT2D eigenvalue weighted by Crippen LogP contribution is 2.48. The Bertz CT molecular complexity index is 1350. The van der Waals surface area contributed by atoms with Crippen LogP contribution in [0.2, 0.25) is 0 Å². The molecule has 1 amide bonds. The van der Waals surface area contributed by atoms with Crippen LogP contribution in [0.1, 0.15) is 30.5 Å². The third-order valence-electron chi connectivity index (χ3n) is 8.05. The van der Waals surface area contributed by atoms with Crippen LogP contribution < -0.4 is 15.4 Å². The van der Waals surface area contributed by atoms with Gasteiger partial charge in [-0.25, -0.2) is 14.4 Å². The highest BCUT2D eigenvalue weighted by molar-refractivity contribution is 8.00. The highest BCUT2D eigenvalue weighted by Gasteiger charge is 2.48. The van der Waals surface area contributed by atoms with E-state index in [1.165, 1.54) is 37.2 Å². The van der Waals surface area contributed by atoms with Gasteiger partial charge in [-0.1, -0.05) is 6.42 Å². The molecule has 5 heterocycles. The van der Waals surface area contributed by atoms with Crippen molar-refractivity contribution in [2.45, 2.75) is 37.1 Å². The zero-order chi connectivity index (χ0) is 25.4. The number of fused-ring (bicyclic) bond motifs is 3. The van der Waals surface area contributed by atoms with Gasteiger partial charge in [0.05, 0.1) is 40.7 Å². The number of hydrogen-bond donors (Lipinski definition) is 2. The van der Waals surface area contributed by atoms with E-state index in [4.69, 9.17) is 4.74 Å². The first kappa shape index (κ1) is 27.1. The molecule has 0 radical (unpaired) electrons. The number of nitrogens with one attached hydrogen (secondary N) is 2. The number of rotatable bonds is 8. The first-order valence-electron chi connectivity index (χ1n) is 12.9. The molecule has 202 valence electrons.